The second-order valence-corrected chi connectivity index (χ2v) is 5.96. The van der Waals surface area contributed by atoms with Crippen molar-refractivity contribution in [2.45, 2.75) is 38.1 Å². The number of fused-ring (bicyclic) bond motifs is 1. The molecule has 1 N–H and O–H groups in total. The standard InChI is InChI=1S/C15H17BrN2/c16-13-7-6-11-9-15(17-10-12(11)8-13)18-14-4-2-1-3-5-14/h6-10,14H,1-5H2,(H,17,18). The lowest BCUT2D eigenvalue weighted by atomic mass is 9.95. The van der Waals surface area contributed by atoms with Crippen molar-refractivity contribution in [3.05, 3.63) is 34.9 Å². The average Bonchev–Trinajstić information content (AvgIpc) is 2.40. The first-order valence-corrected chi connectivity index (χ1v) is 7.42. The molecule has 0 bridgehead atoms. The molecule has 0 spiro atoms. The molecule has 3 rings (SSSR count). The van der Waals surface area contributed by atoms with Crippen LogP contribution in [-0.4, -0.2) is 11.0 Å². The van der Waals surface area contributed by atoms with E-state index in [1.54, 1.807) is 0 Å². The van der Waals surface area contributed by atoms with E-state index in [-0.39, 0.29) is 0 Å². The molecule has 2 nitrogen and oxygen atoms in total. The number of nitrogens with one attached hydrogen (secondary N) is 1. The largest absolute Gasteiger partial charge is 0.367 e. The Morgan fingerprint density at radius 2 is 1.89 bits per heavy atom. The molecule has 1 aromatic heterocycles. The predicted molar refractivity (Wildman–Crippen MR) is 79.9 cm³/mol. The number of nitrogens with zero attached hydrogens (tertiary/aromatic N) is 1. The van der Waals surface area contributed by atoms with E-state index in [0.29, 0.717) is 6.04 Å². The number of halogens is 1. The minimum absolute atomic E-state index is 0.610. The molecule has 1 aromatic carbocycles. The molecule has 0 saturated heterocycles. The summed E-state index contributed by atoms with van der Waals surface area (Å²) in [4.78, 5) is 4.51. The van der Waals surface area contributed by atoms with Gasteiger partial charge in [-0.25, -0.2) is 4.98 Å². The summed E-state index contributed by atoms with van der Waals surface area (Å²) in [6.45, 7) is 0. The van der Waals surface area contributed by atoms with Gasteiger partial charge in [0, 0.05) is 22.1 Å². The fraction of sp³-hybridized carbons (Fsp3) is 0.400. The molecular formula is C15H17BrN2. The van der Waals surface area contributed by atoms with Crippen molar-refractivity contribution in [1.29, 1.82) is 0 Å². The zero-order valence-corrected chi connectivity index (χ0v) is 11.9. The van der Waals surface area contributed by atoms with Crippen molar-refractivity contribution in [3.8, 4) is 0 Å². The maximum Gasteiger partial charge on any atom is 0.126 e. The zero-order chi connectivity index (χ0) is 12.4. The molecule has 2 aromatic rings. The number of hydrogen-bond acceptors (Lipinski definition) is 2. The van der Waals surface area contributed by atoms with Gasteiger partial charge in [-0.05, 0) is 36.4 Å². The van der Waals surface area contributed by atoms with E-state index in [1.165, 1.54) is 42.9 Å². The third kappa shape index (κ3) is 2.66. The Morgan fingerprint density at radius 3 is 2.72 bits per heavy atom. The zero-order valence-electron chi connectivity index (χ0n) is 10.3. The second-order valence-electron chi connectivity index (χ2n) is 5.04. The molecule has 94 valence electrons. The van der Waals surface area contributed by atoms with E-state index in [1.807, 2.05) is 6.20 Å². The normalized spacial score (nSPS) is 16.9. The van der Waals surface area contributed by atoms with Crippen molar-refractivity contribution in [2.75, 3.05) is 5.32 Å². The van der Waals surface area contributed by atoms with Crippen molar-refractivity contribution >= 4 is 32.5 Å². The highest BCUT2D eigenvalue weighted by Gasteiger charge is 2.13. The SMILES string of the molecule is Brc1ccc2cc(NC3CCCCC3)ncc2c1. The van der Waals surface area contributed by atoms with Gasteiger partial charge in [-0.15, -0.1) is 0 Å². The van der Waals surface area contributed by atoms with Crippen LogP contribution in [-0.2, 0) is 0 Å². The van der Waals surface area contributed by atoms with Crippen molar-refractivity contribution in [1.82, 2.24) is 4.98 Å². The van der Waals surface area contributed by atoms with Crippen LogP contribution in [0.2, 0.25) is 0 Å². The highest BCUT2D eigenvalue weighted by Crippen LogP contribution is 2.24. The van der Waals surface area contributed by atoms with Gasteiger partial charge < -0.3 is 5.32 Å². The van der Waals surface area contributed by atoms with Crippen molar-refractivity contribution < 1.29 is 0 Å². The first-order valence-electron chi connectivity index (χ1n) is 6.63. The molecule has 1 fully saturated rings. The quantitative estimate of drug-likeness (QED) is 0.866. The van der Waals surface area contributed by atoms with Crippen LogP contribution in [0, 0.1) is 0 Å². The Morgan fingerprint density at radius 1 is 1.06 bits per heavy atom. The molecule has 3 heteroatoms. The fourth-order valence-corrected chi connectivity index (χ4v) is 3.03. The number of pyridine rings is 1. The molecule has 1 saturated carbocycles. The summed E-state index contributed by atoms with van der Waals surface area (Å²) in [7, 11) is 0. The summed E-state index contributed by atoms with van der Waals surface area (Å²) >= 11 is 3.49. The van der Waals surface area contributed by atoms with Gasteiger partial charge in [-0.3, -0.25) is 0 Å². The number of aromatic nitrogens is 1. The molecule has 0 unspecified atom stereocenters. The highest BCUT2D eigenvalue weighted by molar-refractivity contribution is 9.10. The Kier molecular flexibility index (Phi) is 3.50. The minimum atomic E-state index is 0.610. The first kappa shape index (κ1) is 12.0. The van der Waals surface area contributed by atoms with Gasteiger partial charge in [-0.1, -0.05) is 41.3 Å². The number of anilines is 1. The molecule has 1 heterocycles. The van der Waals surface area contributed by atoms with E-state index in [4.69, 9.17) is 0 Å². The molecule has 1 aliphatic carbocycles. The van der Waals surface area contributed by atoms with E-state index in [2.05, 4.69) is 50.5 Å². The van der Waals surface area contributed by atoms with E-state index in [0.717, 1.165) is 10.3 Å². The molecule has 0 radical (unpaired) electrons. The Hall–Kier alpha value is -1.09. The maximum atomic E-state index is 4.51. The topological polar surface area (TPSA) is 24.9 Å². The minimum Gasteiger partial charge on any atom is -0.367 e. The van der Waals surface area contributed by atoms with Gasteiger partial charge >= 0.3 is 0 Å². The van der Waals surface area contributed by atoms with Crippen LogP contribution in [0.3, 0.4) is 0 Å². The number of rotatable bonds is 2. The summed E-state index contributed by atoms with van der Waals surface area (Å²) in [6.07, 6.45) is 8.58. The van der Waals surface area contributed by atoms with Crippen LogP contribution in [0.25, 0.3) is 10.8 Å². The summed E-state index contributed by atoms with van der Waals surface area (Å²) in [5.41, 5.74) is 0. The van der Waals surface area contributed by atoms with E-state index < -0.39 is 0 Å². The Bertz CT molecular complexity index is 547. The Labute approximate surface area is 116 Å². The number of benzene rings is 1. The van der Waals surface area contributed by atoms with Gasteiger partial charge in [0.1, 0.15) is 5.82 Å². The lowest BCUT2D eigenvalue weighted by Crippen LogP contribution is -2.22. The van der Waals surface area contributed by atoms with Crippen LogP contribution in [0.4, 0.5) is 5.82 Å². The van der Waals surface area contributed by atoms with Crippen LogP contribution < -0.4 is 5.32 Å². The van der Waals surface area contributed by atoms with Gasteiger partial charge in [0.15, 0.2) is 0 Å². The van der Waals surface area contributed by atoms with Gasteiger partial charge in [-0.2, -0.15) is 0 Å². The molecular weight excluding hydrogens is 288 g/mol. The third-order valence-electron chi connectivity index (χ3n) is 3.64. The molecule has 0 amide bonds. The molecule has 0 aliphatic heterocycles. The monoisotopic (exact) mass is 304 g/mol. The van der Waals surface area contributed by atoms with Crippen LogP contribution in [0.15, 0.2) is 34.9 Å². The molecule has 18 heavy (non-hydrogen) atoms. The summed E-state index contributed by atoms with van der Waals surface area (Å²) < 4.78 is 1.10. The average molecular weight is 305 g/mol. The van der Waals surface area contributed by atoms with E-state index in [9.17, 15) is 0 Å². The van der Waals surface area contributed by atoms with E-state index >= 15 is 0 Å². The van der Waals surface area contributed by atoms with Crippen LogP contribution >= 0.6 is 15.9 Å². The third-order valence-corrected chi connectivity index (χ3v) is 4.13. The first-order chi connectivity index (χ1) is 8.81. The summed E-state index contributed by atoms with van der Waals surface area (Å²) in [6, 6.07) is 9.07. The lowest BCUT2D eigenvalue weighted by molar-refractivity contribution is 0.462. The van der Waals surface area contributed by atoms with Crippen molar-refractivity contribution in [3.63, 3.8) is 0 Å². The number of hydrogen-bond donors (Lipinski definition) is 1. The van der Waals surface area contributed by atoms with Gasteiger partial charge in [0.2, 0.25) is 0 Å². The smallest absolute Gasteiger partial charge is 0.126 e. The summed E-state index contributed by atoms with van der Waals surface area (Å²) in [5, 5.41) is 5.99. The van der Waals surface area contributed by atoms with Crippen molar-refractivity contribution in [2.24, 2.45) is 0 Å². The lowest BCUT2D eigenvalue weighted by Gasteiger charge is -2.23. The van der Waals surface area contributed by atoms with Crippen LogP contribution in [0.1, 0.15) is 32.1 Å². The summed E-state index contributed by atoms with van der Waals surface area (Å²) in [5.74, 6) is 1.01. The fourth-order valence-electron chi connectivity index (χ4n) is 2.65. The van der Waals surface area contributed by atoms with Gasteiger partial charge in [0.25, 0.3) is 0 Å². The highest BCUT2D eigenvalue weighted by atomic mass is 79.9. The predicted octanol–water partition coefficient (Wildman–Crippen LogP) is 4.74. The molecule has 0 atom stereocenters. The van der Waals surface area contributed by atoms with Crippen LogP contribution in [0.5, 0.6) is 0 Å². The maximum absolute atomic E-state index is 4.51. The Balaban J connectivity index is 1.82. The molecule has 1 aliphatic rings. The van der Waals surface area contributed by atoms with Gasteiger partial charge in [0.05, 0.1) is 0 Å². The second kappa shape index (κ2) is 5.27.